The van der Waals surface area contributed by atoms with Crippen molar-refractivity contribution in [1.29, 1.82) is 0 Å². The molecule has 0 saturated carbocycles. The number of unbranched alkanes of at least 4 members (excludes halogenated alkanes) is 4. The Bertz CT molecular complexity index is 637. The number of aliphatic carboxylic acids is 2. The summed E-state index contributed by atoms with van der Waals surface area (Å²) in [5.74, 6) is -1.65. The molecule has 1 unspecified atom stereocenters. The van der Waals surface area contributed by atoms with Gasteiger partial charge in [0.25, 0.3) is 0 Å². The van der Waals surface area contributed by atoms with Crippen LogP contribution in [0.1, 0.15) is 152 Å². The van der Waals surface area contributed by atoms with Crippen LogP contribution in [-0.2, 0) is 9.59 Å². The predicted molar refractivity (Wildman–Crippen MR) is 153 cm³/mol. The summed E-state index contributed by atoms with van der Waals surface area (Å²) >= 11 is 0. The van der Waals surface area contributed by atoms with E-state index in [4.69, 9.17) is 10.2 Å². The number of hydroxylamine groups is 4. The highest BCUT2D eigenvalue weighted by Crippen LogP contribution is 2.37. The summed E-state index contributed by atoms with van der Waals surface area (Å²) in [4.78, 5) is 20.9. The van der Waals surface area contributed by atoms with Gasteiger partial charge in [-0.1, -0.05) is 32.6 Å². The van der Waals surface area contributed by atoms with Crippen LogP contribution in [0.5, 0.6) is 0 Å². The zero-order valence-corrected chi connectivity index (χ0v) is 26.0. The van der Waals surface area contributed by atoms with Gasteiger partial charge in [-0.3, -0.25) is 9.59 Å². The molecule has 1 atom stereocenters. The van der Waals surface area contributed by atoms with E-state index in [9.17, 15) is 20.0 Å². The molecular weight excluding hydrogens is 484 g/mol. The van der Waals surface area contributed by atoms with E-state index in [0.29, 0.717) is 6.42 Å². The zero-order valence-electron chi connectivity index (χ0n) is 26.0. The molecule has 2 fully saturated rings. The third kappa shape index (κ3) is 13.2. The van der Waals surface area contributed by atoms with Gasteiger partial charge in [-0.2, -0.15) is 10.1 Å². The molecule has 2 aliphatic heterocycles. The lowest BCUT2D eigenvalue weighted by Crippen LogP contribution is -2.56. The first-order valence-corrected chi connectivity index (χ1v) is 14.7. The number of piperidine rings is 2. The average Bonchev–Trinajstić information content (AvgIpc) is 2.78. The number of rotatable bonds is 10. The molecule has 0 bridgehead atoms. The second-order valence-corrected chi connectivity index (χ2v) is 13.7. The summed E-state index contributed by atoms with van der Waals surface area (Å²) in [7, 11) is 0. The zero-order chi connectivity index (χ0) is 29.8. The van der Waals surface area contributed by atoms with Gasteiger partial charge >= 0.3 is 11.9 Å². The summed E-state index contributed by atoms with van der Waals surface area (Å²) in [5.41, 5.74) is -0.160. The van der Waals surface area contributed by atoms with Crippen LogP contribution in [0.3, 0.4) is 0 Å². The van der Waals surface area contributed by atoms with Crippen molar-refractivity contribution in [2.75, 3.05) is 0 Å². The standard InChI is InChI=1S/C12H22O4.2C9H19NO/c1-2-10(12(15)16)8-6-4-3-5-7-9-11(13)14;2*1-8(2)6-5-7-9(3,4)10(8)11/h10H,2-9H2,1H3,(H,13,14)(H,15,16);2*11H,5-7H2,1-4H3. The van der Waals surface area contributed by atoms with Crippen LogP contribution in [0.15, 0.2) is 0 Å². The SMILES string of the molecule is CC1(C)CCCC(C)(C)N1O.CC1(C)CCCC(C)(C)N1O.CCC(CCCCCCCC(=O)O)C(=O)O. The molecule has 2 heterocycles. The smallest absolute Gasteiger partial charge is 0.306 e. The fourth-order valence-corrected chi connectivity index (χ4v) is 5.67. The van der Waals surface area contributed by atoms with Crippen molar-refractivity contribution in [3.8, 4) is 0 Å². The Kier molecular flexibility index (Phi) is 15.6. The molecule has 0 amide bonds. The molecule has 0 aromatic carbocycles. The lowest BCUT2D eigenvalue weighted by molar-refractivity contribution is -0.241. The van der Waals surface area contributed by atoms with E-state index in [1.165, 1.54) is 23.0 Å². The Hall–Kier alpha value is -1.22. The van der Waals surface area contributed by atoms with Crippen molar-refractivity contribution >= 4 is 11.9 Å². The van der Waals surface area contributed by atoms with Gasteiger partial charge in [-0.25, -0.2) is 0 Å². The number of carbonyl (C=O) groups is 2. The first kappa shape index (κ1) is 36.8. The topological polar surface area (TPSA) is 122 Å². The minimum absolute atomic E-state index is 0.0399. The van der Waals surface area contributed by atoms with Crippen LogP contribution in [0.2, 0.25) is 0 Å². The highest BCUT2D eigenvalue weighted by Gasteiger charge is 2.41. The minimum Gasteiger partial charge on any atom is -0.481 e. The maximum atomic E-state index is 10.7. The summed E-state index contributed by atoms with van der Waals surface area (Å²) < 4.78 is 0. The fourth-order valence-electron chi connectivity index (χ4n) is 5.67. The van der Waals surface area contributed by atoms with Gasteiger partial charge in [-0.15, -0.1) is 0 Å². The third-order valence-electron chi connectivity index (χ3n) is 8.23. The lowest BCUT2D eigenvalue weighted by Gasteiger charge is -2.48. The highest BCUT2D eigenvalue weighted by atomic mass is 16.5. The van der Waals surface area contributed by atoms with E-state index >= 15 is 0 Å². The first-order valence-electron chi connectivity index (χ1n) is 14.7. The van der Waals surface area contributed by atoms with Crippen molar-refractivity contribution in [2.24, 2.45) is 5.92 Å². The fraction of sp³-hybridized carbons (Fsp3) is 0.933. The van der Waals surface area contributed by atoms with Crippen LogP contribution < -0.4 is 0 Å². The Morgan fingerprint density at radius 1 is 0.658 bits per heavy atom. The molecule has 0 aromatic heterocycles. The van der Waals surface area contributed by atoms with Gasteiger partial charge in [0.05, 0.1) is 5.92 Å². The summed E-state index contributed by atoms with van der Waals surface area (Å²) in [6.07, 6.45) is 13.1. The lowest BCUT2D eigenvalue weighted by atomic mass is 9.82. The second-order valence-electron chi connectivity index (χ2n) is 13.7. The molecule has 2 saturated heterocycles. The molecule has 0 aromatic rings. The molecule has 38 heavy (non-hydrogen) atoms. The molecule has 0 radical (unpaired) electrons. The van der Waals surface area contributed by atoms with Gasteiger partial charge in [0, 0.05) is 28.6 Å². The van der Waals surface area contributed by atoms with Gasteiger partial charge < -0.3 is 20.6 Å². The Labute approximate surface area is 232 Å². The molecule has 226 valence electrons. The van der Waals surface area contributed by atoms with E-state index in [-0.39, 0.29) is 34.5 Å². The number of carboxylic acids is 2. The Morgan fingerprint density at radius 2 is 1.00 bits per heavy atom. The second kappa shape index (κ2) is 16.1. The van der Waals surface area contributed by atoms with E-state index in [2.05, 4.69) is 55.4 Å². The molecule has 4 N–H and O–H groups in total. The molecule has 0 aliphatic carbocycles. The van der Waals surface area contributed by atoms with Crippen LogP contribution in [-0.4, -0.2) is 64.8 Å². The van der Waals surface area contributed by atoms with E-state index in [1.807, 2.05) is 6.92 Å². The normalized spacial score (nSPS) is 22.7. The third-order valence-corrected chi connectivity index (χ3v) is 8.23. The molecule has 2 rings (SSSR count). The van der Waals surface area contributed by atoms with Crippen molar-refractivity contribution in [2.45, 2.75) is 174 Å². The molecule has 8 heteroatoms. The van der Waals surface area contributed by atoms with Crippen molar-refractivity contribution in [3.05, 3.63) is 0 Å². The molecular formula is C30H60N2O6. The van der Waals surface area contributed by atoms with Crippen LogP contribution in [0, 0.1) is 5.92 Å². The molecule has 2 aliphatic rings. The highest BCUT2D eigenvalue weighted by molar-refractivity contribution is 5.69. The Balaban J connectivity index is 0.000000554. The van der Waals surface area contributed by atoms with E-state index < -0.39 is 11.9 Å². The summed E-state index contributed by atoms with van der Waals surface area (Å²) in [6, 6.07) is 0. The number of nitrogens with zero attached hydrogens (tertiary/aromatic N) is 2. The van der Waals surface area contributed by atoms with E-state index in [0.717, 1.165) is 64.2 Å². The Morgan fingerprint density at radius 3 is 1.29 bits per heavy atom. The molecule has 0 spiro atoms. The van der Waals surface area contributed by atoms with Gasteiger partial charge in [0.1, 0.15) is 0 Å². The molecule has 8 nitrogen and oxygen atoms in total. The number of carboxylic acid groups (broad SMARTS) is 2. The monoisotopic (exact) mass is 544 g/mol. The van der Waals surface area contributed by atoms with Crippen LogP contribution in [0.4, 0.5) is 0 Å². The minimum atomic E-state index is -0.739. The van der Waals surface area contributed by atoms with Gasteiger partial charge in [0.15, 0.2) is 0 Å². The summed E-state index contributed by atoms with van der Waals surface area (Å²) in [6.45, 7) is 18.6. The maximum absolute atomic E-state index is 10.7. The van der Waals surface area contributed by atoms with Gasteiger partial charge in [-0.05, 0) is 113 Å². The van der Waals surface area contributed by atoms with Crippen molar-refractivity contribution in [1.82, 2.24) is 10.1 Å². The number of hydrogen-bond donors (Lipinski definition) is 4. The van der Waals surface area contributed by atoms with Crippen molar-refractivity contribution < 1.29 is 30.2 Å². The maximum Gasteiger partial charge on any atom is 0.306 e. The average molecular weight is 545 g/mol. The van der Waals surface area contributed by atoms with E-state index in [1.54, 1.807) is 0 Å². The predicted octanol–water partition coefficient (Wildman–Crippen LogP) is 7.75. The van der Waals surface area contributed by atoms with Crippen LogP contribution >= 0.6 is 0 Å². The summed E-state index contributed by atoms with van der Waals surface area (Å²) in [5, 5.41) is 39.9. The van der Waals surface area contributed by atoms with Gasteiger partial charge in [0.2, 0.25) is 0 Å². The number of hydrogen-bond acceptors (Lipinski definition) is 6. The quantitative estimate of drug-likeness (QED) is 0.206. The van der Waals surface area contributed by atoms with Crippen molar-refractivity contribution in [3.63, 3.8) is 0 Å². The largest absolute Gasteiger partial charge is 0.481 e. The first-order chi connectivity index (χ1) is 17.3. The van der Waals surface area contributed by atoms with Crippen LogP contribution in [0.25, 0.3) is 0 Å².